The van der Waals surface area contributed by atoms with E-state index < -0.39 is 59.4 Å². The van der Waals surface area contributed by atoms with Crippen LogP contribution >= 0.6 is 17.0 Å². The molecule has 0 aliphatic carbocycles. The number of esters is 1. The molecule has 30 heavy (non-hydrogen) atoms. The number of H-pyrrole nitrogens is 1. The molecule has 3 heterocycles. The first-order valence-corrected chi connectivity index (χ1v) is 12.7. The van der Waals surface area contributed by atoms with Crippen LogP contribution in [0.3, 0.4) is 0 Å². The van der Waals surface area contributed by atoms with Crippen molar-refractivity contribution in [2.45, 2.75) is 57.1 Å². The monoisotopic (exact) mass is 483 g/mol. The molecule has 2 saturated heterocycles. The second-order valence-electron chi connectivity index (χ2n) is 7.30. The van der Waals surface area contributed by atoms with Crippen molar-refractivity contribution in [1.82, 2.24) is 14.6 Å². The number of ether oxygens (including phenoxy) is 4. The third-order valence-electron chi connectivity index (χ3n) is 4.56. The van der Waals surface area contributed by atoms with E-state index in [0.29, 0.717) is 0 Å². The minimum absolute atomic E-state index is 0.0725. The third kappa shape index (κ3) is 5.20. The molecule has 6 atom stereocenters. The van der Waals surface area contributed by atoms with Gasteiger partial charge in [-0.05, 0) is 43.8 Å². The van der Waals surface area contributed by atoms with Crippen LogP contribution in [-0.4, -0.2) is 59.4 Å². The van der Waals surface area contributed by atoms with E-state index in [-0.39, 0.29) is 6.61 Å². The summed E-state index contributed by atoms with van der Waals surface area (Å²) in [5, 5.41) is 2.74. The van der Waals surface area contributed by atoms with Crippen molar-refractivity contribution in [3.8, 4) is 0 Å². The summed E-state index contributed by atoms with van der Waals surface area (Å²) in [7, 11) is 1.25. The molecule has 11 nitrogen and oxygen atoms in total. The zero-order chi connectivity index (χ0) is 22.3. The topological polar surface area (TPSA) is 130 Å². The Morgan fingerprint density at radius 3 is 2.73 bits per heavy atom. The minimum atomic E-state index is -3.08. The van der Waals surface area contributed by atoms with Gasteiger partial charge < -0.3 is 23.5 Å². The molecule has 2 N–H and O–H groups in total. The number of halogens is 1. The minimum Gasteiger partial charge on any atom is -0.468 e. The maximum absolute atomic E-state index is 12.2. The maximum Gasteiger partial charge on any atom is 0.330 e. The SMILES string of the molecule is COC(=O)[C@H](C)NP(=S)(Cl)OC[C@H]1O[C@@H](n2ccc(=O)[nH]c2=O)[C@@H]2OC(C)(C)O[C@@H]21. The summed E-state index contributed by atoms with van der Waals surface area (Å²) in [6.45, 7) is 4.95. The number of aromatic nitrogens is 2. The molecule has 0 aromatic carbocycles. The number of hydrogen-bond acceptors (Lipinski definition) is 9. The fourth-order valence-electron chi connectivity index (χ4n) is 3.31. The van der Waals surface area contributed by atoms with Crippen LogP contribution in [0.2, 0.25) is 0 Å². The van der Waals surface area contributed by atoms with Crippen molar-refractivity contribution in [1.29, 1.82) is 0 Å². The largest absolute Gasteiger partial charge is 0.468 e. The number of nitrogens with zero attached hydrogens (tertiary/aromatic N) is 1. The third-order valence-corrected chi connectivity index (χ3v) is 6.95. The van der Waals surface area contributed by atoms with Crippen molar-refractivity contribution >= 4 is 34.8 Å². The van der Waals surface area contributed by atoms with Crippen LogP contribution in [0.1, 0.15) is 27.0 Å². The number of rotatable bonds is 7. The first kappa shape index (κ1) is 23.6. The van der Waals surface area contributed by atoms with E-state index in [2.05, 4.69) is 14.8 Å². The van der Waals surface area contributed by atoms with Crippen molar-refractivity contribution < 1.29 is 28.3 Å². The van der Waals surface area contributed by atoms with E-state index in [9.17, 15) is 14.4 Å². The molecule has 1 aromatic heterocycles. The average molecular weight is 484 g/mol. The lowest BCUT2D eigenvalue weighted by atomic mass is 10.1. The molecule has 2 aliphatic heterocycles. The first-order valence-electron chi connectivity index (χ1n) is 9.05. The Labute approximate surface area is 181 Å². The quantitative estimate of drug-likeness (QED) is 0.419. The molecule has 1 unspecified atom stereocenters. The molecule has 0 bridgehead atoms. The van der Waals surface area contributed by atoms with Crippen LogP contribution in [0.4, 0.5) is 0 Å². The summed E-state index contributed by atoms with van der Waals surface area (Å²) < 4.78 is 29.3. The summed E-state index contributed by atoms with van der Waals surface area (Å²) in [6, 6.07) is 0.453. The first-order chi connectivity index (χ1) is 13.9. The van der Waals surface area contributed by atoms with Crippen LogP contribution in [0, 0.1) is 0 Å². The van der Waals surface area contributed by atoms with Gasteiger partial charge in [0, 0.05) is 12.3 Å². The second kappa shape index (κ2) is 8.79. The molecule has 168 valence electrons. The highest BCUT2D eigenvalue weighted by molar-refractivity contribution is 8.23. The zero-order valence-corrected chi connectivity index (χ0v) is 19.2. The Bertz CT molecular complexity index is 968. The number of methoxy groups -OCH3 is 1. The van der Waals surface area contributed by atoms with E-state index in [0.717, 1.165) is 0 Å². The van der Waals surface area contributed by atoms with Crippen LogP contribution in [0.15, 0.2) is 21.9 Å². The lowest BCUT2D eigenvalue weighted by molar-refractivity contribution is -0.199. The van der Waals surface area contributed by atoms with Crippen LogP contribution < -0.4 is 16.3 Å². The van der Waals surface area contributed by atoms with E-state index in [1.165, 1.54) is 23.9 Å². The number of hydrogen-bond donors (Lipinski definition) is 2. The van der Waals surface area contributed by atoms with Crippen molar-refractivity contribution in [3.63, 3.8) is 0 Å². The summed E-state index contributed by atoms with van der Waals surface area (Å²) in [4.78, 5) is 37.4. The van der Waals surface area contributed by atoms with Gasteiger partial charge in [0.15, 0.2) is 12.0 Å². The Morgan fingerprint density at radius 2 is 2.10 bits per heavy atom. The predicted octanol–water partition coefficient (Wildman–Crippen LogP) is 0.585. The van der Waals surface area contributed by atoms with Crippen molar-refractivity contribution in [2.24, 2.45) is 0 Å². The Balaban J connectivity index is 1.75. The molecule has 2 aliphatic rings. The van der Waals surface area contributed by atoms with Crippen LogP contribution in [0.25, 0.3) is 0 Å². The van der Waals surface area contributed by atoms with Gasteiger partial charge in [0.25, 0.3) is 5.56 Å². The van der Waals surface area contributed by atoms with Crippen molar-refractivity contribution in [3.05, 3.63) is 33.1 Å². The summed E-state index contributed by atoms with van der Waals surface area (Å²) in [6.07, 6.45) is -1.41. The molecule has 2 fully saturated rings. The Morgan fingerprint density at radius 1 is 1.43 bits per heavy atom. The number of aromatic amines is 1. The van der Waals surface area contributed by atoms with Gasteiger partial charge in [-0.1, -0.05) is 0 Å². The molecule has 1 aromatic rings. The molecule has 0 spiro atoms. The lowest BCUT2D eigenvalue weighted by Gasteiger charge is -2.26. The van der Waals surface area contributed by atoms with Crippen LogP contribution in [0.5, 0.6) is 0 Å². The summed E-state index contributed by atoms with van der Waals surface area (Å²) in [5.41, 5.74) is -1.17. The highest BCUT2D eigenvalue weighted by Gasteiger charge is 2.56. The summed E-state index contributed by atoms with van der Waals surface area (Å²) in [5.74, 6) is -4.53. The predicted molar refractivity (Wildman–Crippen MR) is 110 cm³/mol. The van der Waals surface area contributed by atoms with Gasteiger partial charge in [0.1, 0.15) is 24.4 Å². The van der Waals surface area contributed by atoms with Crippen LogP contribution in [-0.2, 0) is 40.1 Å². The van der Waals surface area contributed by atoms with Gasteiger partial charge in [-0.2, -0.15) is 0 Å². The van der Waals surface area contributed by atoms with Crippen molar-refractivity contribution in [2.75, 3.05) is 13.7 Å². The number of carbonyl (C=O) groups excluding carboxylic acids is 1. The fraction of sp³-hybridized carbons (Fsp3) is 0.688. The fourth-order valence-corrected chi connectivity index (χ4v) is 5.56. The normalized spacial score (nSPS) is 30.4. The van der Waals surface area contributed by atoms with Gasteiger partial charge in [-0.25, -0.2) is 9.88 Å². The number of carbonyl (C=O) groups is 1. The lowest BCUT2D eigenvalue weighted by Crippen LogP contribution is -2.37. The smallest absolute Gasteiger partial charge is 0.330 e. The molecule has 0 amide bonds. The number of nitrogens with one attached hydrogen (secondary N) is 2. The van der Waals surface area contributed by atoms with E-state index in [1.54, 1.807) is 20.8 Å². The van der Waals surface area contributed by atoms with Gasteiger partial charge in [0.05, 0.1) is 13.7 Å². The molecular formula is C16H23ClN3O8PS. The zero-order valence-electron chi connectivity index (χ0n) is 16.7. The molecule has 3 rings (SSSR count). The Hall–Kier alpha value is -1.11. The molecule has 0 saturated carbocycles. The maximum atomic E-state index is 12.2. The molecular weight excluding hydrogens is 461 g/mol. The standard InChI is InChI=1S/C16H23ClN3O8PS/c1-8(14(22)24-4)19-29(17,30)25-7-9-11-12(28-16(2,3)27-11)13(26-9)20-6-5-10(21)18-15(20)23/h5-6,8-9,11-13H,7H2,1-4H3,(H,19,30)(H,18,21,23)/t8-,9+,11+,12+,13+,29?/m0/s1. The average Bonchev–Trinajstić information content (AvgIpc) is 3.12. The summed E-state index contributed by atoms with van der Waals surface area (Å²) >= 11 is 11.5. The second-order valence-corrected chi connectivity index (χ2v) is 12.3. The molecule has 0 radical (unpaired) electrons. The van der Waals surface area contributed by atoms with Gasteiger partial charge in [-0.15, -0.1) is 0 Å². The van der Waals surface area contributed by atoms with E-state index >= 15 is 0 Å². The Kier molecular flexibility index (Phi) is 6.90. The van der Waals surface area contributed by atoms with Gasteiger partial charge in [0.2, 0.25) is 5.77 Å². The van der Waals surface area contributed by atoms with E-state index in [1.807, 2.05) is 0 Å². The van der Waals surface area contributed by atoms with E-state index in [4.69, 9.17) is 41.8 Å². The highest BCUT2D eigenvalue weighted by Crippen LogP contribution is 2.50. The molecule has 14 heteroatoms. The highest BCUT2D eigenvalue weighted by atomic mass is 35.7. The van der Waals surface area contributed by atoms with Gasteiger partial charge >= 0.3 is 11.7 Å². The van der Waals surface area contributed by atoms with Gasteiger partial charge in [-0.3, -0.25) is 19.1 Å². The number of fused-ring (bicyclic) bond motifs is 1.